The van der Waals surface area contributed by atoms with Crippen molar-refractivity contribution in [2.75, 3.05) is 0 Å². The van der Waals surface area contributed by atoms with Gasteiger partial charge in [0.15, 0.2) is 0 Å². The van der Waals surface area contributed by atoms with Crippen LogP contribution in [0.15, 0.2) is 34.4 Å². The quantitative estimate of drug-likeness (QED) is 0.446. The number of nitrogens with one attached hydrogen (secondary N) is 1. The summed E-state index contributed by atoms with van der Waals surface area (Å²) < 4.78 is 15.9. The Kier molecular flexibility index (Phi) is 3.02. The molecule has 1 aromatic carbocycles. The van der Waals surface area contributed by atoms with E-state index in [1.807, 2.05) is 0 Å². The number of nitrogens with zero attached hydrogens (tertiary/aromatic N) is 1. The van der Waals surface area contributed by atoms with Crippen molar-refractivity contribution in [2.24, 2.45) is 5.73 Å². The molecule has 0 spiro atoms. The Morgan fingerprint density at radius 3 is 3.00 bits per heavy atom. The molecule has 1 aliphatic heterocycles. The topological polar surface area (TPSA) is 78.9 Å². The fourth-order valence-corrected chi connectivity index (χ4v) is 2.35. The van der Waals surface area contributed by atoms with Crippen molar-refractivity contribution in [3.05, 3.63) is 40.8 Å². The molecule has 0 aliphatic carbocycles. The molecule has 0 atom stereocenters. The predicted octanol–water partition coefficient (Wildman–Crippen LogP) is 1.24. The lowest BCUT2D eigenvalue weighted by Crippen LogP contribution is -2.22. The average molecular weight is 249 g/mol. The van der Waals surface area contributed by atoms with Crippen LogP contribution >= 0.6 is 11.9 Å². The molecular formula is C11H8FN3OS. The monoisotopic (exact) mass is 249 g/mol. The summed E-state index contributed by atoms with van der Waals surface area (Å²) in [5.41, 5.74) is 6.12. The number of primary amides is 1. The third-order valence-electron chi connectivity index (χ3n) is 2.33. The summed E-state index contributed by atoms with van der Waals surface area (Å²) in [4.78, 5) is 11.9. The van der Waals surface area contributed by atoms with E-state index in [1.54, 1.807) is 12.1 Å². The molecule has 1 aliphatic rings. The Morgan fingerprint density at radius 2 is 2.35 bits per heavy atom. The van der Waals surface area contributed by atoms with Crippen molar-refractivity contribution < 1.29 is 9.18 Å². The van der Waals surface area contributed by atoms with Crippen molar-refractivity contribution in [1.29, 1.82) is 5.26 Å². The molecule has 0 saturated carbocycles. The number of amides is 1. The van der Waals surface area contributed by atoms with E-state index in [4.69, 9.17) is 11.0 Å². The first kappa shape index (κ1) is 11.5. The van der Waals surface area contributed by atoms with Crippen molar-refractivity contribution in [2.45, 2.75) is 11.3 Å². The molecule has 0 fully saturated rings. The lowest BCUT2D eigenvalue weighted by molar-refractivity contribution is -0.114. The summed E-state index contributed by atoms with van der Waals surface area (Å²) in [6.07, 6.45) is 0.298. The zero-order valence-electron chi connectivity index (χ0n) is 8.66. The molecule has 0 bridgehead atoms. The largest absolute Gasteiger partial charge is 0.365 e. The maximum absolute atomic E-state index is 13.1. The van der Waals surface area contributed by atoms with Crippen LogP contribution in [0.5, 0.6) is 0 Å². The molecule has 0 aromatic heterocycles. The van der Waals surface area contributed by atoms with Gasteiger partial charge in [0.1, 0.15) is 17.5 Å². The lowest BCUT2D eigenvalue weighted by atomic mass is 10.1. The van der Waals surface area contributed by atoms with Crippen LogP contribution in [0.1, 0.15) is 5.56 Å². The third-order valence-corrected chi connectivity index (χ3v) is 3.30. The van der Waals surface area contributed by atoms with Crippen molar-refractivity contribution >= 4 is 17.9 Å². The summed E-state index contributed by atoms with van der Waals surface area (Å²) in [6, 6.07) is 6.15. The summed E-state index contributed by atoms with van der Waals surface area (Å²) >= 11 is 1.23. The van der Waals surface area contributed by atoms with E-state index in [0.29, 0.717) is 12.1 Å². The number of carbonyl (C=O) groups is 1. The molecule has 0 unspecified atom stereocenters. The number of rotatable bonds is 1. The van der Waals surface area contributed by atoms with Gasteiger partial charge in [-0.1, -0.05) is 0 Å². The summed E-state index contributed by atoms with van der Waals surface area (Å²) in [7, 11) is 0. The Hall–Kier alpha value is -2.00. The zero-order chi connectivity index (χ0) is 12.4. The van der Waals surface area contributed by atoms with Gasteiger partial charge in [-0.2, -0.15) is 5.26 Å². The number of allylic oxidation sites excluding steroid dienone is 1. The smallest absolute Gasteiger partial charge is 0.261 e. The van der Waals surface area contributed by atoms with Gasteiger partial charge in [0.2, 0.25) is 0 Å². The summed E-state index contributed by atoms with van der Waals surface area (Å²) in [6.45, 7) is 0. The van der Waals surface area contributed by atoms with Crippen LogP contribution in [0.25, 0.3) is 0 Å². The van der Waals surface area contributed by atoms with Gasteiger partial charge in [-0.25, -0.2) is 4.39 Å². The van der Waals surface area contributed by atoms with E-state index in [9.17, 15) is 9.18 Å². The second-order valence-electron chi connectivity index (χ2n) is 3.46. The zero-order valence-corrected chi connectivity index (χ0v) is 9.47. The highest BCUT2D eigenvalue weighted by Crippen LogP contribution is 2.30. The Balaban J connectivity index is 2.42. The Bertz CT molecular complexity index is 562. The first-order valence-corrected chi connectivity index (χ1v) is 5.58. The van der Waals surface area contributed by atoms with Gasteiger partial charge in [0.05, 0.1) is 0 Å². The number of hydrogen-bond donors (Lipinski definition) is 2. The van der Waals surface area contributed by atoms with E-state index < -0.39 is 5.91 Å². The van der Waals surface area contributed by atoms with Crippen LogP contribution < -0.4 is 10.5 Å². The standard InChI is InChI=1S/C11H8FN3OS/c12-7-1-2-10-6(3-7)4-9(15-17-10)8(5-13)11(14)16/h1-3,15H,4H2,(H2,14,16). The summed E-state index contributed by atoms with van der Waals surface area (Å²) in [5.74, 6) is -1.13. The van der Waals surface area contributed by atoms with E-state index >= 15 is 0 Å². The van der Waals surface area contributed by atoms with E-state index in [2.05, 4.69) is 4.72 Å². The second kappa shape index (κ2) is 4.47. The van der Waals surface area contributed by atoms with Crippen molar-refractivity contribution in [3.8, 4) is 6.07 Å². The van der Waals surface area contributed by atoms with Gasteiger partial charge in [0, 0.05) is 17.0 Å². The van der Waals surface area contributed by atoms with Gasteiger partial charge in [-0.3, -0.25) is 4.79 Å². The van der Waals surface area contributed by atoms with E-state index in [0.717, 1.165) is 10.5 Å². The first-order valence-electron chi connectivity index (χ1n) is 4.76. The predicted molar refractivity (Wildman–Crippen MR) is 60.9 cm³/mol. The number of carbonyl (C=O) groups excluding carboxylic acids is 1. The Labute approximate surface area is 101 Å². The van der Waals surface area contributed by atoms with Gasteiger partial charge in [0.25, 0.3) is 5.91 Å². The van der Waals surface area contributed by atoms with Gasteiger partial charge >= 0.3 is 0 Å². The highest BCUT2D eigenvalue weighted by molar-refractivity contribution is 7.97. The molecule has 17 heavy (non-hydrogen) atoms. The molecule has 6 heteroatoms. The van der Waals surface area contributed by atoms with Crippen molar-refractivity contribution in [1.82, 2.24) is 4.72 Å². The molecule has 0 radical (unpaired) electrons. The van der Waals surface area contributed by atoms with Gasteiger partial charge in [-0.15, -0.1) is 0 Å². The molecule has 1 amide bonds. The SMILES string of the molecule is N#CC(C(N)=O)=C1Cc2cc(F)ccc2SN1. The van der Waals surface area contributed by atoms with Crippen LogP contribution in [0.4, 0.5) is 4.39 Å². The molecule has 1 aromatic rings. The summed E-state index contributed by atoms with van der Waals surface area (Å²) in [5, 5.41) is 8.82. The second-order valence-corrected chi connectivity index (χ2v) is 4.31. The van der Waals surface area contributed by atoms with Gasteiger partial charge < -0.3 is 10.5 Å². The molecule has 3 N–H and O–H groups in total. The number of nitriles is 1. The number of hydrogen-bond acceptors (Lipinski definition) is 4. The number of fused-ring (bicyclic) bond motifs is 1. The van der Waals surface area contributed by atoms with E-state index in [1.165, 1.54) is 24.1 Å². The third kappa shape index (κ3) is 2.24. The molecular weight excluding hydrogens is 241 g/mol. The minimum Gasteiger partial charge on any atom is -0.365 e. The highest BCUT2D eigenvalue weighted by Gasteiger charge is 2.19. The molecule has 1 heterocycles. The molecule has 4 nitrogen and oxygen atoms in total. The lowest BCUT2D eigenvalue weighted by Gasteiger charge is -2.20. The minimum absolute atomic E-state index is 0.118. The maximum Gasteiger partial charge on any atom is 0.261 e. The molecule has 86 valence electrons. The average Bonchev–Trinajstić information content (AvgIpc) is 2.29. The molecule has 0 saturated heterocycles. The first-order chi connectivity index (χ1) is 8.11. The van der Waals surface area contributed by atoms with Crippen LogP contribution in [-0.2, 0) is 11.2 Å². The van der Waals surface area contributed by atoms with E-state index in [-0.39, 0.29) is 11.4 Å². The molecule has 2 rings (SSSR count). The van der Waals surface area contributed by atoms with Gasteiger partial charge in [-0.05, 0) is 35.7 Å². The number of halogens is 1. The number of nitrogens with two attached hydrogens (primary N) is 1. The highest BCUT2D eigenvalue weighted by atomic mass is 32.2. The normalized spacial score (nSPS) is 16.5. The fourth-order valence-electron chi connectivity index (χ4n) is 1.54. The van der Waals surface area contributed by atoms with Crippen LogP contribution in [0.3, 0.4) is 0 Å². The number of benzene rings is 1. The van der Waals surface area contributed by atoms with Crippen LogP contribution in [0.2, 0.25) is 0 Å². The fraction of sp³-hybridized carbons (Fsp3) is 0.0909. The van der Waals surface area contributed by atoms with Crippen molar-refractivity contribution in [3.63, 3.8) is 0 Å². The Morgan fingerprint density at radius 1 is 1.59 bits per heavy atom. The minimum atomic E-state index is -0.782. The van der Waals surface area contributed by atoms with Crippen LogP contribution in [-0.4, -0.2) is 5.91 Å². The van der Waals surface area contributed by atoms with Crippen LogP contribution in [0, 0.1) is 17.1 Å². The maximum atomic E-state index is 13.1.